The summed E-state index contributed by atoms with van der Waals surface area (Å²) in [7, 11) is -2.21. The van der Waals surface area contributed by atoms with Crippen molar-refractivity contribution in [3.8, 4) is 22.6 Å². The van der Waals surface area contributed by atoms with Crippen LogP contribution in [0.3, 0.4) is 0 Å². The van der Waals surface area contributed by atoms with E-state index in [2.05, 4.69) is 31.0 Å². The monoisotopic (exact) mass is 513 g/mol. The molecule has 11 heteroatoms. The summed E-state index contributed by atoms with van der Waals surface area (Å²) in [5.74, 6) is -0.318. The van der Waals surface area contributed by atoms with Crippen LogP contribution in [0.15, 0.2) is 35.0 Å². The van der Waals surface area contributed by atoms with Crippen LogP contribution < -0.4 is 0 Å². The fourth-order valence-corrected chi connectivity index (χ4v) is 5.06. The van der Waals surface area contributed by atoms with Gasteiger partial charge in [-0.2, -0.15) is 18.3 Å². The van der Waals surface area contributed by atoms with E-state index in [1.54, 1.807) is 31.2 Å². The Morgan fingerprint density at radius 3 is 2.41 bits per heavy atom. The second kappa shape index (κ2) is 9.31. The molecule has 0 saturated carbocycles. The fourth-order valence-electron chi connectivity index (χ4n) is 3.40. The average Bonchev–Trinajstić information content (AvgIpc) is 3.30. The van der Waals surface area contributed by atoms with Crippen LogP contribution in [-0.4, -0.2) is 35.6 Å². The van der Waals surface area contributed by atoms with Crippen LogP contribution >= 0.6 is 11.6 Å². The van der Waals surface area contributed by atoms with Crippen LogP contribution in [0.5, 0.6) is 0 Å². The number of halogens is 4. The van der Waals surface area contributed by atoms with Crippen LogP contribution in [-0.2, 0) is 17.1 Å². The molecule has 0 saturated heterocycles. The third-order valence-electron chi connectivity index (χ3n) is 6.06. The third-order valence-corrected chi connectivity index (χ3v) is 11.0. The van der Waals surface area contributed by atoms with E-state index >= 15 is 0 Å². The number of hydrogen-bond acceptors (Lipinski definition) is 5. The largest absolute Gasteiger partial charge is 0.433 e. The van der Waals surface area contributed by atoms with Crippen molar-refractivity contribution < 1.29 is 26.9 Å². The summed E-state index contributed by atoms with van der Waals surface area (Å²) in [5, 5.41) is 8.00. The van der Waals surface area contributed by atoms with Gasteiger partial charge in [0.05, 0.1) is 35.0 Å². The van der Waals surface area contributed by atoms with E-state index in [1.807, 2.05) is 13.1 Å². The van der Waals surface area contributed by atoms with E-state index in [1.165, 1.54) is 0 Å². The van der Waals surface area contributed by atoms with E-state index in [9.17, 15) is 18.0 Å². The van der Waals surface area contributed by atoms with E-state index < -0.39 is 26.3 Å². The summed E-state index contributed by atoms with van der Waals surface area (Å²) in [6.07, 6.45) is -3.84. The molecule has 6 nitrogen and oxygen atoms in total. The summed E-state index contributed by atoms with van der Waals surface area (Å²) >= 11 is 6.19. The lowest BCUT2D eigenvalue weighted by Gasteiger charge is -2.38. The topological polar surface area (TPSA) is 70.2 Å². The van der Waals surface area contributed by atoms with Crippen LogP contribution in [0.2, 0.25) is 23.2 Å². The minimum atomic E-state index is -4.76. The van der Waals surface area contributed by atoms with E-state index in [0.29, 0.717) is 11.8 Å². The van der Waals surface area contributed by atoms with E-state index in [4.69, 9.17) is 20.6 Å². The predicted octanol–water partition coefficient (Wildman–Crippen LogP) is 7.10. The molecule has 1 unspecified atom stereocenters. The highest BCUT2D eigenvalue weighted by Crippen LogP contribution is 2.42. The SMILES string of the molecule is CC(Cn1ncc(-c2onc(-c3ccccc3Cl)c2C=O)c1C(F)(F)F)O[Si](C)(C)C(C)(C)C. The molecule has 0 radical (unpaired) electrons. The summed E-state index contributed by atoms with van der Waals surface area (Å²) in [6, 6.07) is 6.55. The quantitative estimate of drug-likeness (QED) is 0.249. The number of carbonyl (C=O) groups is 1. The Morgan fingerprint density at radius 2 is 1.85 bits per heavy atom. The van der Waals surface area contributed by atoms with E-state index in [0.717, 1.165) is 10.9 Å². The first-order chi connectivity index (χ1) is 15.7. The van der Waals surface area contributed by atoms with Gasteiger partial charge in [-0.15, -0.1) is 0 Å². The van der Waals surface area contributed by atoms with Gasteiger partial charge in [0.15, 0.2) is 26.1 Å². The molecule has 1 aromatic carbocycles. The summed E-state index contributed by atoms with van der Waals surface area (Å²) in [6.45, 7) is 11.8. The van der Waals surface area contributed by atoms with Gasteiger partial charge in [-0.3, -0.25) is 9.48 Å². The van der Waals surface area contributed by atoms with Crippen molar-refractivity contribution in [2.75, 3.05) is 0 Å². The lowest BCUT2D eigenvalue weighted by molar-refractivity contribution is -0.144. The highest BCUT2D eigenvalue weighted by Gasteiger charge is 2.42. The molecule has 3 rings (SSSR count). The maximum atomic E-state index is 14.2. The summed E-state index contributed by atoms with van der Waals surface area (Å²) in [4.78, 5) is 11.9. The number of benzene rings is 1. The standard InChI is InChI=1S/C23H27ClF3N3O3Si/c1-14(33-34(5,6)22(2,3)4)12-30-21(23(25,26)27)16(11-28-30)20-17(13-31)19(29-32-20)15-9-7-8-10-18(15)24/h7-11,13-14H,12H2,1-6H3. The molecule has 1 atom stereocenters. The Morgan fingerprint density at radius 1 is 1.21 bits per heavy atom. The Balaban J connectivity index is 2.04. The zero-order chi connectivity index (χ0) is 25.5. The number of carbonyl (C=O) groups excluding carboxylic acids is 1. The zero-order valence-corrected chi connectivity index (χ0v) is 21.6. The van der Waals surface area contributed by atoms with Gasteiger partial charge in [0.1, 0.15) is 5.69 Å². The van der Waals surface area contributed by atoms with Crippen molar-refractivity contribution in [1.29, 1.82) is 0 Å². The molecular weight excluding hydrogens is 487 g/mol. The first-order valence-electron chi connectivity index (χ1n) is 10.7. The Kier molecular flexibility index (Phi) is 7.17. The van der Waals surface area contributed by atoms with Crippen molar-refractivity contribution in [3.63, 3.8) is 0 Å². The third kappa shape index (κ3) is 5.13. The highest BCUT2D eigenvalue weighted by molar-refractivity contribution is 6.74. The van der Waals surface area contributed by atoms with Gasteiger partial charge in [-0.25, -0.2) is 0 Å². The molecule has 0 spiro atoms. The molecular formula is C23H27ClF3N3O3Si. The molecule has 0 fully saturated rings. The van der Waals surface area contributed by atoms with Gasteiger partial charge in [-0.1, -0.05) is 55.7 Å². The summed E-state index contributed by atoms with van der Waals surface area (Å²) < 4.78 is 54.8. The van der Waals surface area contributed by atoms with E-state index in [-0.39, 0.29) is 39.2 Å². The molecule has 3 aromatic rings. The molecule has 184 valence electrons. The Hall–Kier alpha value is -2.43. The molecule has 0 bridgehead atoms. The molecule has 0 aliphatic rings. The molecule has 0 amide bonds. The fraction of sp³-hybridized carbons (Fsp3) is 0.435. The van der Waals surface area contributed by atoms with Crippen LogP contribution in [0.4, 0.5) is 13.2 Å². The maximum Gasteiger partial charge on any atom is 0.433 e. The van der Waals surface area contributed by atoms with Crippen molar-refractivity contribution in [3.05, 3.63) is 46.7 Å². The Labute approximate surface area is 202 Å². The minimum absolute atomic E-state index is 0.0612. The minimum Gasteiger partial charge on any atom is -0.412 e. The second-order valence-electron chi connectivity index (χ2n) is 9.65. The molecule has 0 aliphatic carbocycles. The number of alkyl halides is 3. The van der Waals surface area contributed by atoms with Crippen molar-refractivity contribution in [2.24, 2.45) is 0 Å². The van der Waals surface area contributed by atoms with Crippen molar-refractivity contribution in [1.82, 2.24) is 14.9 Å². The van der Waals surface area contributed by atoms with Gasteiger partial charge in [0, 0.05) is 5.56 Å². The van der Waals surface area contributed by atoms with Crippen molar-refractivity contribution >= 4 is 26.2 Å². The average molecular weight is 514 g/mol. The lowest BCUT2D eigenvalue weighted by Crippen LogP contribution is -2.44. The van der Waals surface area contributed by atoms with Crippen LogP contribution in [0.25, 0.3) is 22.6 Å². The van der Waals surface area contributed by atoms with Crippen LogP contribution in [0, 0.1) is 0 Å². The molecule has 0 aliphatic heterocycles. The van der Waals surface area contributed by atoms with Crippen molar-refractivity contribution in [2.45, 2.75) is 64.7 Å². The molecule has 2 aromatic heterocycles. The van der Waals surface area contributed by atoms with Gasteiger partial charge < -0.3 is 8.95 Å². The number of rotatable bonds is 7. The smallest absolute Gasteiger partial charge is 0.412 e. The predicted molar refractivity (Wildman–Crippen MR) is 126 cm³/mol. The lowest BCUT2D eigenvalue weighted by atomic mass is 10.0. The number of hydrogen-bond donors (Lipinski definition) is 0. The maximum absolute atomic E-state index is 14.2. The number of nitrogens with zero attached hydrogens (tertiary/aromatic N) is 3. The van der Waals surface area contributed by atoms with Gasteiger partial charge in [0.2, 0.25) is 0 Å². The van der Waals surface area contributed by atoms with Gasteiger partial charge >= 0.3 is 6.18 Å². The summed E-state index contributed by atoms with van der Waals surface area (Å²) in [5.41, 5.74) is -1.11. The highest BCUT2D eigenvalue weighted by atomic mass is 35.5. The molecule has 2 heterocycles. The Bertz CT molecular complexity index is 1180. The normalized spacial score (nSPS) is 13.8. The second-order valence-corrected chi connectivity index (χ2v) is 14.8. The first kappa shape index (κ1) is 26.2. The van der Waals surface area contributed by atoms with Crippen LogP contribution in [0.1, 0.15) is 43.7 Å². The number of aromatic nitrogens is 3. The van der Waals surface area contributed by atoms with Gasteiger partial charge in [0.25, 0.3) is 0 Å². The first-order valence-corrected chi connectivity index (χ1v) is 14.0. The molecule has 0 N–H and O–H groups in total. The molecule has 34 heavy (non-hydrogen) atoms. The number of aldehydes is 1. The zero-order valence-electron chi connectivity index (χ0n) is 19.8. The van der Waals surface area contributed by atoms with Gasteiger partial charge in [-0.05, 0) is 31.1 Å².